The summed E-state index contributed by atoms with van der Waals surface area (Å²) in [5.41, 5.74) is 5.99. The van der Waals surface area contributed by atoms with E-state index < -0.39 is 0 Å². The third-order valence-electron chi connectivity index (χ3n) is 3.26. The molecule has 2 aromatic heterocycles. The van der Waals surface area contributed by atoms with Crippen LogP contribution in [0.1, 0.15) is 12.5 Å². The molecule has 0 bridgehead atoms. The van der Waals surface area contributed by atoms with Gasteiger partial charge in [-0.25, -0.2) is 4.98 Å². The van der Waals surface area contributed by atoms with Gasteiger partial charge in [0.1, 0.15) is 0 Å². The van der Waals surface area contributed by atoms with E-state index in [1.807, 2.05) is 4.57 Å². The third kappa shape index (κ3) is 1.66. The highest BCUT2D eigenvalue weighted by Gasteiger charge is 2.26. The Bertz CT molecular complexity index is 633. The molecule has 1 aliphatic heterocycles. The van der Waals surface area contributed by atoms with Crippen LogP contribution in [0.3, 0.4) is 0 Å². The number of aliphatic hydroxyl groups is 1. The van der Waals surface area contributed by atoms with Crippen molar-refractivity contribution in [2.75, 3.05) is 18.9 Å². The SMILES string of the molecule is Nc1nc2c(ncn2[C@@H]2CN[C@H](CO)C2)c(=O)[nH]1. The number of aromatic amines is 1. The van der Waals surface area contributed by atoms with Crippen LogP contribution in [-0.2, 0) is 0 Å². The molecule has 3 rings (SSSR count). The highest BCUT2D eigenvalue weighted by Crippen LogP contribution is 2.22. The lowest BCUT2D eigenvalue weighted by atomic mass is 10.2. The minimum atomic E-state index is -0.332. The molecule has 96 valence electrons. The molecule has 0 spiro atoms. The average molecular weight is 250 g/mol. The molecular weight excluding hydrogens is 236 g/mol. The summed E-state index contributed by atoms with van der Waals surface area (Å²) in [6, 6.07) is 0.202. The first kappa shape index (κ1) is 11.2. The number of nitrogens with zero attached hydrogens (tertiary/aromatic N) is 3. The Balaban J connectivity index is 2.05. The molecule has 1 aliphatic rings. The van der Waals surface area contributed by atoms with Crippen molar-refractivity contribution in [2.24, 2.45) is 0 Å². The Labute approximate surface area is 102 Å². The molecule has 8 nitrogen and oxygen atoms in total. The number of aromatic nitrogens is 4. The molecule has 1 saturated heterocycles. The van der Waals surface area contributed by atoms with Gasteiger partial charge in [0.05, 0.1) is 19.0 Å². The van der Waals surface area contributed by atoms with Crippen molar-refractivity contribution < 1.29 is 5.11 Å². The van der Waals surface area contributed by atoms with Gasteiger partial charge in [0.25, 0.3) is 5.56 Å². The molecule has 3 heterocycles. The van der Waals surface area contributed by atoms with Gasteiger partial charge in [0, 0.05) is 12.6 Å². The fourth-order valence-electron chi connectivity index (χ4n) is 2.36. The number of nitrogens with two attached hydrogens (primary N) is 1. The molecular formula is C10H14N6O2. The van der Waals surface area contributed by atoms with E-state index in [2.05, 4.69) is 20.3 Å². The quantitative estimate of drug-likeness (QED) is 0.520. The molecule has 0 aliphatic carbocycles. The predicted octanol–water partition coefficient (Wildman–Crippen LogP) is -1.40. The van der Waals surface area contributed by atoms with Crippen molar-refractivity contribution in [3.8, 4) is 0 Å². The van der Waals surface area contributed by atoms with E-state index in [9.17, 15) is 4.79 Å². The van der Waals surface area contributed by atoms with Gasteiger partial charge in [-0.3, -0.25) is 9.78 Å². The lowest BCUT2D eigenvalue weighted by Crippen LogP contribution is -2.24. The number of fused-ring (bicyclic) bond motifs is 1. The number of anilines is 1. The Morgan fingerprint density at radius 2 is 2.44 bits per heavy atom. The Morgan fingerprint density at radius 3 is 3.17 bits per heavy atom. The van der Waals surface area contributed by atoms with Gasteiger partial charge >= 0.3 is 0 Å². The maximum absolute atomic E-state index is 11.6. The standard InChI is InChI=1S/C10H14N6O2/c11-10-14-8-7(9(18)15-10)13-4-16(8)6-1-5(3-17)12-2-6/h4-6,12,17H,1-3H2,(H3,11,14,15,18)/t5-,6-/m0/s1. The van der Waals surface area contributed by atoms with Gasteiger partial charge in [0.2, 0.25) is 5.95 Å². The molecule has 1 fully saturated rings. The second-order valence-electron chi connectivity index (χ2n) is 4.45. The maximum Gasteiger partial charge on any atom is 0.280 e. The van der Waals surface area contributed by atoms with Gasteiger partial charge in [0.15, 0.2) is 11.2 Å². The minimum absolute atomic E-state index is 0.0757. The van der Waals surface area contributed by atoms with E-state index in [1.54, 1.807) is 6.33 Å². The van der Waals surface area contributed by atoms with Crippen LogP contribution in [0.15, 0.2) is 11.1 Å². The van der Waals surface area contributed by atoms with Crippen molar-refractivity contribution in [1.82, 2.24) is 24.8 Å². The number of aliphatic hydroxyl groups excluding tert-OH is 1. The molecule has 8 heteroatoms. The lowest BCUT2D eigenvalue weighted by molar-refractivity contribution is 0.253. The summed E-state index contributed by atoms with van der Waals surface area (Å²) in [6.45, 7) is 0.810. The van der Waals surface area contributed by atoms with Crippen molar-refractivity contribution in [2.45, 2.75) is 18.5 Å². The summed E-state index contributed by atoms with van der Waals surface area (Å²) >= 11 is 0. The topological polar surface area (TPSA) is 122 Å². The van der Waals surface area contributed by atoms with E-state index in [0.717, 1.165) is 6.42 Å². The molecule has 0 unspecified atom stereocenters. The van der Waals surface area contributed by atoms with Gasteiger partial charge in [-0.05, 0) is 6.42 Å². The van der Waals surface area contributed by atoms with Crippen LogP contribution in [0.5, 0.6) is 0 Å². The van der Waals surface area contributed by atoms with E-state index in [4.69, 9.17) is 10.8 Å². The van der Waals surface area contributed by atoms with Crippen molar-refractivity contribution >= 4 is 17.1 Å². The number of rotatable bonds is 2. The number of nitrogen functional groups attached to an aromatic ring is 1. The smallest absolute Gasteiger partial charge is 0.280 e. The van der Waals surface area contributed by atoms with E-state index in [1.165, 1.54) is 0 Å². The van der Waals surface area contributed by atoms with Gasteiger partial charge < -0.3 is 20.7 Å². The monoisotopic (exact) mass is 250 g/mol. The fraction of sp³-hybridized carbons (Fsp3) is 0.500. The highest BCUT2D eigenvalue weighted by molar-refractivity contribution is 5.70. The molecule has 2 aromatic rings. The zero-order valence-electron chi connectivity index (χ0n) is 9.63. The third-order valence-corrected chi connectivity index (χ3v) is 3.26. The summed E-state index contributed by atoms with van der Waals surface area (Å²) < 4.78 is 1.84. The van der Waals surface area contributed by atoms with Gasteiger partial charge in [-0.15, -0.1) is 0 Å². The minimum Gasteiger partial charge on any atom is -0.395 e. The summed E-state index contributed by atoms with van der Waals surface area (Å²) in [4.78, 5) is 22.2. The predicted molar refractivity (Wildman–Crippen MR) is 65.1 cm³/mol. The second-order valence-corrected chi connectivity index (χ2v) is 4.45. The maximum atomic E-state index is 11.6. The van der Waals surface area contributed by atoms with E-state index >= 15 is 0 Å². The van der Waals surface area contributed by atoms with Crippen LogP contribution < -0.4 is 16.6 Å². The molecule has 2 atom stereocenters. The molecule has 0 saturated carbocycles. The van der Waals surface area contributed by atoms with E-state index in [0.29, 0.717) is 12.2 Å². The molecule has 0 amide bonds. The van der Waals surface area contributed by atoms with E-state index in [-0.39, 0.29) is 35.7 Å². The Morgan fingerprint density at radius 1 is 1.61 bits per heavy atom. The summed E-state index contributed by atoms with van der Waals surface area (Å²) in [5.74, 6) is 0.0823. The summed E-state index contributed by atoms with van der Waals surface area (Å²) in [5, 5.41) is 12.3. The lowest BCUT2D eigenvalue weighted by Gasteiger charge is -2.11. The van der Waals surface area contributed by atoms with Crippen molar-refractivity contribution in [3.05, 3.63) is 16.7 Å². The number of imidazole rings is 1. The number of hydrogen-bond donors (Lipinski definition) is 4. The molecule has 18 heavy (non-hydrogen) atoms. The first-order chi connectivity index (χ1) is 8.69. The van der Waals surface area contributed by atoms with Crippen LogP contribution in [0.4, 0.5) is 5.95 Å². The number of hydrogen-bond acceptors (Lipinski definition) is 6. The van der Waals surface area contributed by atoms with Crippen LogP contribution in [0, 0.1) is 0 Å². The molecule has 0 radical (unpaired) electrons. The molecule has 0 aromatic carbocycles. The van der Waals surface area contributed by atoms with Crippen molar-refractivity contribution in [1.29, 1.82) is 0 Å². The van der Waals surface area contributed by atoms with Crippen LogP contribution >= 0.6 is 0 Å². The normalized spacial score (nSPS) is 23.8. The van der Waals surface area contributed by atoms with Gasteiger partial charge in [-0.2, -0.15) is 4.98 Å². The fourth-order valence-corrected chi connectivity index (χ4v) is 2.36. The Hall–Kier alpha value is -1.93. The van der Waals surface area contributed by atoms with Crippen molar-refractivity contribution in [3.63, 3.8) is 0 Å². The molecule has 5 N–H and O–H groups in total. The number of nitrogens with one attached hydrogen (secondary N) is 2. The Kier molecular flexibility index (Phi) is 2.53. The highest BCUT2D eigenvalue weighted by atomic mass is 16.3. The number of H-pyrrole nitrogens is 1. The van der Waals surface area contributed by atoms with Gasteiger partial charge in [-0.1, -0.05) is 0 Å². The van der Waals surface area contributed by atoms with Crippen LogP contribution in [0.2, 0.25) is 0 Å². The summed E-state index contributed by atoms with van der Waals surface area (Å²) in [7, 11) is 0. The largest absolute Gasteiger partial charge is 0.395 e. The first-order valence-corrected chi connectivity index (χ1v) is 5.75. The second kappa shape index (κ2) is 4.07. The average Bonchev–Trinajstić information content (AvgIpc) is 2.93. The van der Waals surface area contributed by atoms with Crippen LogP contribution in [0.25, 0.3) is 11.2 Å². The zero-order valence-corrected chi connectivity index (χ0v) is 9.63. The zero-order chi connectivity index (χ0) is 12.7. The van der Waals surface area contributed by atoms with Crippen LogP contribution in [-0.4, -0.2) is 43.8 Å². The first-order valence-electron chi connectivity index (χ1n) is 5.75. The summed E-state index contributed by atoms with van der Waals surface area (Å²) in [6.07, 6.45) is 2.37.